The second-order valence-electron chi connectivity index (χ2n) is 4.48. The third-order valence-corrected chi connectivity index (χ3v) is 4.49. The lowest BCUT2D eigenvalue weighted by molar-refractivity contribution is 0.695. The highest BCUT2D eigenvalue weighted by Gasteiger charge is 2.17. The Hall–Kier alpha value is -1.12. The Balaban J connectivity index is 2.50. The van der Waals surface area contributed by atoms with Crippen LogP contribution in [0.3, 0.4) is 0 Å². The first kappa shape index (κ1) is 12.3. The second-order valence-corrected chi connectivity index (χ2v) is 5.43. The average molecular weight is 245 g/mol. The molecule has 1 unspecified atom stereocenters. The predicted molar refractivity (Wildman–Crippen MR) is 75.9 cm³/mol. The molecule has 0 saturated heterocycles. The smallest absolute Gasteiger partial charge is 0.0673 e. The molecule has 0 aliphatic carbocycles. The van der Waals surface area contributed by atoms with E-state index in [1.807, 2.05) is 18.4 Å². The summed E-state index contributed by atoms with van der Waals surface area (Å²) in [6, 6.07) is 9.05. The molecule has 0 bridgehead atoms. The van der Waals surface area contributed by atoms with Gasteiger partial charge < -0.3 is 5.32 Å². The number of aryl methyl sites for hydroxylation is 2. The van der Waals surface area contributed by atoms with Crippen LogP contribution in [0, 0.1) is 20.8 Å². The van der Waals surface area contributed by atoms with Gasteiger partial charge in [0.15, 0.2) is 0 Å². The quantitative estimate of drug-likeness (QED) is 0.862. The lowest BCUT2D eigenvalue weighted by Crippen LogP contribution is -2.18. The van der Waals surface area contributed by atoms with E-state index in [9.17, 15) is 0 Å². The molecule has 1 atom stereocenters. The van der Waals surface area contributed by atoms with Gasteiger partial charge in [-0.2, -0.15) is 0 Å². The summed E-state index contributed by atoms with van der Waals surface area (Å²) in [5.41, 5.74) is 5.50. The molecule has 2 rings (SSSR count). The number of thiophene rings is 1. The molecule has 1 aromatic heterocycles. The normalized spacial score (nSPS) is 12.7. The van der Waals surface area contributed by atoms with Gasteiger partial charge in [0.1, 0.15) is 0 Å². The maximum atomic E-state index is 3.44. The average Bonchev–Trinajstić information content (AvgIpc) is 2.72. The number of nitrogens with one attached hydrogen (secondary N) is 1. The van der Waals surface area contributed by atoms with Crippen molar-refractivity contribution in [2.45, 2.75) is 26.8 Å². The first-order valence-electron chi connectivity index (χ1n) is 5.92. The number of hydrogen-bond acceptors (Lipinski definition) is 2. The van der Waals surface area contributed by atoms with Gasteiger partial charge in [0.25, 0.3) is 0 Å². The van der Waals surface area contributed by atoms with Crippen molar-refractivity contribution in [1.82, 2.24) is 5.32 Å². The summed E-state index contributed by atoms with van der Waals surface area (Å²) in [6.45, 7) is 6.56. The molecule has 90 valence electrons. The largest absolute Gasteiger partial charge is 0.309 e. The fourth-order valence-corrected chi connectivity index (χ4v) is 3.25. The molecule has 1 aromatic carbocycles. The summed E-state index contributed by atoms with van der Waals surface area (Å²) in [4.78, 5) is 1.42. The molecule has 1 nitrogen and oxygen atoms in total. The Labute approximate surface area is 108 Å². The summed E-state index contributed by atoms with van der Waals surface area (Å²) in [6.07, 6.45) is 0. The summed E-state index contributed by atoms with van der Waals surface area (Å²) >= 11 is 1.83. The molecule has 2 aromatic rings. The number of rotatable bonds is 3. The number of benzene rings is 1. The fraction of sp³-hybridized carbons (Fsp3) is 0.333. The van der Waals surface area contributed by atoms with Crippen molar-refractivity contribution in [1.29, 1.82) is 0 Å². The zero-order valence-electron chi connectivity index (χ0n) is 10.9. The maximum absolute atomic E-state index is 3.44. The Morgan fingerprint density at radius 2 is 1.82 bits per heavy atom. The Kier molecular flexibility index (Phi) is 3.65. The Morgan fingerprint density at radius 1 is 1.06 bits per heavy atom. The van der Waals surface area contributed by atoms with Crippen LogP contribution in [0.15, 0.2) is 29.6 Å². The molecule has 0 aliphatic heterocycles. The third kappa shape index (κ3) is 2.28. The van der Waals surface area contributed by atoms with E-state index in [0.717, 1.165) is 0 Å². The summed E-state index contributed by atoms with van der Waals surface area (Å²) in [5, 5.41) is 5.61. The predicted octanol–water partition coefficient (Wildman–Crippen LogP) is 3.98. The van der Waals surface area contributed by atoms with Crippen LogP contribution < -0.4 is 5.32 Å². The lowest BCUT2D eigenvalue weighted by atomic mass is 9.95. The van der Waals surface area contributed by atoms with E-state index < -0.39 is 0 Å². The minimum Gasteiger partial charge on any atom is -0.309 e. The molecule has 0 fully saturated rings. The highest BCUT2D eigenvalue weighted by molar-refractivity contribution is 7.10. The van der Waals surface area contributed by atoms with Crippen LogP contribution in [0.5, 0.6) is 0 Å². The van der Waals surface area contributed by atoms with Crippen LogP contribution in [0.1, 0.15) is 33.2 Å². The van der Waals surface area contributed by atoms with Crippen LogP contribution in [-0.2, 0) is 0 Å². The SMILES string of the molecule is CNC(c1cccc(C)c1C)c1sccc1C. The first-order chi connectivity index (χ1) is 8.15. The molecule has 1 heterocycles. The zero-order chi connectivity index (χ0) is 12.4. The van der Waals surface area contributed by atoms with Crippen LogP contribution in [0.25, 0.3) is 0 Å². The van der Waals surface area contributed by atoms with Crippen molar-refractivity contribution in [2.24, 2.45) is 0 Å². The van der Waals surface area contributed by atoms with Crippen LogP contribution in [-0.4, -0.2) is 7.05 Å². The van der Waals surface area contributed by atoms with Crippen molar-refractivity contribution in [3.63, 3.8) is 0 Å². The lowest BCUT2D eigenvalue weighted by Gasteiger charge is -2.19. The standard InChI is InChI=1S/C15H19NS/c1-10-6-5-7-13(12(10)3)14(16-4)15-11(2)8-9-17-15/h5-9,14,16H,1-4H3. The highest BCUT2D eigenvalue weighted by Crippen LogP contribution is 2.31. The summed E-state index contributed by atoms with van der Waals surface area (Å²) in [5.74, 6) is 0. The topological polar surface area (TPSA) is 12.0 Å². The van der Waals surface area contributed by atoms with Crippen molar-refractivity contribution in [3.05, 3.63) is 56.8 Å². The van der Waals surface area contributed by atoms with E-state index in [0.29, 0.717) is 6.04 Å². The Bertz CT molecular complexity index is 513. The van der Waals surface area contributed by atoms with Crippen LogP contribution in [0.2, 0.25) is 0 Å². The first-order valence-corrected chi connectivity index (χ1v) is 6.80. The summed E-state index contributed by atoms with van der Waals surface area (Å²) < 4.78 is 0. The molecule has 0 spiro atoms. The van der Waals surface area contributed by atoms with Gasteiger partial charge in [-0.25, -0.2) is 0 Å². The minimum atomic E-state index is 0.315. The van der Waals surface area contributed by atoms with Gasteiger partial charge in [0.2, 0.25) is 0 Å². The Morgan fingerprint density at radius 3 is 2.41 bits per heavy atom. The molecule has 0 radical (unpaired) electrons. The van der Waals surface area contributed by atoms with E-state index in [1.165, 1.54) is 27.1 Å². The van der Waals surface area contributed by atoms with E-state index in [2.05, 4.69) is 55.7 Å². The van der Waals surface area contributed by atoms with Gasteiger partial charge in [-0.15, -0.1) is 11.3 Å². The van der Waals surface area contributed by atoms with E-state index >= 15 is 0 Å². The number of hydrogen-bond donors (Lipinski definition) is 1. The summed E-state index contributed by atoms with van der Waals surface area (Å²) in [7, 11) is 2.03. The minimum absolute atomic E-state index is 0.315. The molecule has 1 N–H and O–H groups in total. The van der Waals surface area contributed by atoms with E-state index in [4.69, 9.17) is 0 Å². The molecule has 2 heteroatoms. The molecular formula is C15H19NS. The molecule has 0 aliphatic rings. The van der Waals surface area contributed by atoms with Crippen molar-refractivity contribution >= 4 is 11.3 Å². The molecule has 17 heavy (non-hydrogen) atoms. The van der Waals surface area contributed by atoms with Crippen molar-refractivity contribution < 1.29 is 0 Å². The van der Waals surface area contributed by atoms with Crippen molar-refractivity contribution in [2.75, 3.05) is 7.05 Å². The fourth-order valence-electron chi connectivity index (χ4n) is 2.19. The maximum Gasteiger partial charge on any atom is 0.0673 e. The monoisotopic (exact) mass is 245 g/mol. The molecule has 0 amide bonds. The highest BCUT2D eigenvalue weighted by atomic mass is 32.1. The molecule has 0 saturated carbocycles. The van der Waals surface area contributed by atoms with E-state index in [1.54, 1.807) is 0 Å². The second kappa shape index (κ2) is 5.03. The van der Waals surface area contributed by atoms with Gasteiger partial charge in [0, 0.05) is 4.88 Å². The van der Waals surface area contributed by atoms with Gasteiger partial charge in [-0.05, 0) is 61.5 Å². The van der Waals surface area contributed by atoms with E-state index in [-0.39, 0.29) is 0 Å². The van der Waals surface area contributed by atoms with Crippen LogP contribution >= 0.6 is 11.3 Å². The van der Waals surface area contributed by atoms with Gasteiger partial charge >= 0.3 is 0 Å². The van der Waals surface area contributed by atoms with Crippen molar-refractivity contribution in [3.8, 4) is 0 Å². The zero-order valence-corrected chi connectivity index (χ0v) is 11.7. The van der Waals surface area contributed by atoms with Gasteiger partial charge in [-0.3, -0.25) is 0 Å². The van der Waals surface area contributed by atoms with Gasteiger partial charge in [0.05, 0.1) is 6.04 Å². The molecular weight excluding hydrogens is 226 g/mol. The van der Waals surface area contributed by atoms with Gasteiger partial charge in [-0.1, -0.05) is 18.2 Å². The van der Waals surface area contributed by atoms with Crippen LogP contribution in [0.4, 0.5) is 0 Å². The third-order valence-electron chi connectivity index (χ3n) is 3.41.